The van der Waals surface area contributed by atoms with E-state index in [2.05, 4.69) is 16.0 Å². The van der Waals surface area contributed by atoms with Gasteiger partial charge in [-0.2, -0.15) is 0 Å². The molecule has 18 heavy (non-hydrogen) atoms. The number of likely N-dealkylation sites (N-methyl/N-ethyl adjacent to an activating group) is 1. The number of benzene rings is 1. The predicted molar refractivity (Wildman–Crippen MR) is 66.8 cm³/mol. The van der Waals surface area contributed by atoms with E-state index in [1.807, 2.05) is 0 Å². The van der Waals surface area contributed by atoms with Crippen molar-refractivity contribution in [2.45, 2.75) is 13.8 Å². The van der Waals surface area contributed by atoms with E-state index >= 15 is 0 Å². The van der Waals surface area contributed by atoms with Crippen LogP contribution in [0.25, 0.3) is 0 Å². The van der Waals surface area contributed by atoms with Crippen molar-refractivity contribution in [3.8, 4) is 0 Å². The van der Waals surface area contributed by atoms with Gasteiger partial charge in [-0.1, -0.05) is 6.07 Å². The largest absolute Gasteiger partial charge is 0.355 e. The van der Waals surface area contributed by atoms with Crippen molar-refractivity contribution in [3.05, 3.63) is 29.6 Å². The Morgan fingerprint density at radius 2 is 2.00 bits per heavy atom. The first-order valence-electron chi connectivity index (χ1n) is 5.60. The lowest BCUT2D eigenvalue weighted by Gasteiger charge is -2.09. The molecule has 5 nitrogen and oxygen atoms in total. The minimum Gasteiger partial charge on any atom is -0.355 e. The lowest BCUT2D eigenvalue weighted by Crippen LogP contribution is -2.38. The van der Waals surface area contributed by atoms with Crippen LogP contribution in [-0.2, 0) is 4.79 Å². The Morgan fingerprint density at radius 3 is 2.67 bits per heavy atom. The van der Waals surface area contributed by atoms with Crippen LogP contribution in [0.4, 0.5) is 14.9 Å². The Kier molecular flexibility index (Phi) is 5.10. The Balaban J connectivity index is 2.49. The number of amides is 3. The highest BCUT2D eigenvalue weighted by Crippen LogP contribution is 2.15. The molecule has 1 aromatic carbocycles. The quantitative estimate of drug-likeness (QED) is 0.759. The molecule has 3 N–H and O–H groups in total. The number of urea groups is 1. The molecule has 0 saturated heterocycles. The zero-order chi connectivity index (χ0) is 13.5. The number of hydrogen-bond donors (Lipinski definition) is 3. The van der Waals surface area contributed by atoms with Gasteiger partial charge >= 0.3 is 6.03 Å². The molecule has 0 aliphatic rings. The molecule has 0 aliphatic heterocycles. The summed E-state index contributed by atoms with van der Waals surface area (Å²) in [5.41, 5.74) is 1.12. The summed E-state index contributed by atoms with van der Waals surface area (Å²) in [5.74, 6) is -0.705. The molecule has 1 rings (SSSR count). The van der Waals surface area contributed by atoms with Gasteiger partial charge in [-0.05, 0) is 31.5 Å². The first kappa shape index (κ1) is 14.0. The van der Waals surface area contributed by atoms with Gasteiger partial charge in [0.25, 0.3) is 0 Å². The fourth-order valence-corrected chi connectivity index (χ4v) is 1.32. The fraction of sp³-hybridized carbons (Fsp3) is 0.333. The van der Waals surface area contributed by atoms with Gasteiger partial charge in [-0.25, -0.2) is 9.18 Å². The van der Waals surface area contributed by atoms with Gasteiger partial charge in [0.15, 0.2) is 0 Å². The molecule has 0 heterocycles. The zero-order valence-corrected chi connectivity index (χ0v) is 10.3. The maximum absolute atomic E-state index is 13.0. The number of aryl methyl sites for hydroxylation is 1. The minimum atomic E-state index is -0.546. The van der Waals surface area contributed by atoms with Crippen LogP contribution in [0.3, 0.4) is 0 Å². The van der Waals surface area contributed by atoms with Gasteiger partial charge in [-0.3, -0.25) is 4.79 Å². The first-order valence-corrected chi connectivity index (χ1v) is 5.60. The van der Waals surface area contributed by atoms with Crippen molar-refractivity contribution in [2.75, 3.05) is 18.4 Å². The van der Waals surface area contributed by atoms with E-state index in [4.69, 9.17) is 0 Å². The maximum atomic E-state index is 13.0. The molecular formula is C12H16FN3O2. The summed E-state index contributed by atoms with van der Waals surface area (Å²) in [6, 6.07) is 3.55. The third-order valence-corrected chi connectivity index (χ3v) is 2.23. The molecule has 0 radical (unpaired) electrons. The van der Waals surface area contributed by atoms with Crippen LogP contribution in [0, 0.1) is 12.7 Å². The average molecular weight is 253 g/mol. The van der Waals surface area contributed by atoms with E-state index in [-0.39, 0.29) is 12.5 Å². The van der Waals surface area contributed by atoms with E-state index in [0.29, 0.717) is 12.2 Å². The van der Waals surface area contributed by atoms with Gasteiger partial charge < -0.3 is 16.0 Å². The molecule has 0 unspecified atom stereocenters. The van der Waals surface area contributed by atoms with Crippen molar-refractivity contribution in [2.24, 2.45) is 0 Å². The van der Waals surface area contributed by atoms with Crippen LogP contribution >= 0.6 is 0 Å². The van der Waals surface area contributed by atoms with Gasteiger partial charge in [0.2, 0.25) is 5.91 Å². The van der Waals surface area contributed by atoms with Crippen molar-refractivity contribution in [3.63, 3.8) is 0 Å². The highest BCUT2D eigenvalue weighted by Gasteiger charge is 2.07. The Morgan fingerprint density at radius 1 is 1.28 bits per heavy atom. The number of halogens is 1. The van der Waals surface area contributed by atoms with Crippen molar-refractivity contribution >= 4 is 17.6 Å². The smallest absolute Gasteiger partial charge is 0.319 e. The van der Waals surface area contributed by atoms with E-state index in [0.717, 1.165) is 5.56 Å². The Hall–Kier alpha value is -2.11. The lowest BCUT2D eigenvalue weighted by atomic mass is 10.2. The van der Waals surface area contributed by atoms with E-state index in [1.165, 1.54) is 12.1 Å². The second-order valence-corrected chi connectivity index (χ2v) is 3.72. The van der Waals surface area contributed by atoms with Crippen molar-refractivity contribution < 1.29 is 14.0 Å². The minimum absolute atomic E-state index is 0.117. The third-order valence-electron chi connectivity index (χ3n) is 2.23. The normalized spacial score (nSPS) is 9.72. The molecular weight excluding hydrogens is 237 g/mol. The lowest BCUT2D eigenvalue weighted by molar-refractivity contribution is -0.119. The summed E-state index contributed by atoms with van der Waals surface area (Å²) in [7, 11) is 0. The number of rotatable bonds is 4. The third kappa shape index (κ3) is 4.40. The number of carbonyl (C=O) groups excluding carboxylic acids is 2. The summed E-state index contributed by atoms with van der Waals surface area (Å²) in [6.07, 6.45) is 0. The van der Waals surface area contributed by atoms with E-state index in [1.54, 1.807) is 19.9 Å². The second-order valence-electron chi connectivity index (χ2n) is 3.72. The highest BCUT2D eigenvalue weighted by molar-refractivity contribution is 5.92. The molecule has 0 saturated carbocycles. The van der Waals surface area contributed by atoms with Crippen LogP contribution in [0.2, 0.25) is 0 Å². The molecule has 0 aliphatic carbocycles. The van der Waals surface area contributed by atoms with Crippen LogP contribution in [0.15, 0.2) is 18.2 Å². The van der Waals surface area contributed by atoms with E-state index in [9.17, 15) is 14.0 Å². The Labute approximate surface area is 105 Å². The van der Waals surface area contributed by atoms with E-state index < -0.39 is 11.8 Å². The Bertz CT molecular complexity index is 449. The molecule has 0 fully saturated rings. The molecule has 3 amide bonds. The van der Waals surface area contributed by atoms with Crippen LogP contribution in [0.1, 0.15) is 12.5 Å². The molecule has 98 valence electrons. The molecule has 0 aromatic heterocycles. The van der Waals surface area contributed by atoms with Crippen molar-refractivity contribution in [1.29, 1.82) is 0 Å². The summed E-state index contributed by atoms with van der Waals surface area (Å²) in [4.78, 5) is 22.6. The summed E-state index contributed by atoms with van der Waals surface area (Å²) < 4.78 is 13.0. The summed E-state index contributed by atoms with van der Waals surface area (Å²) in [5, 5.41) is 7.40. The second kappa shape index (κ2) is 6.58. The molecule has 0 spiro atoms. The highest BCUT2D eigenvalue weighted by atomic mass is 19.1. The molecule has 6 heteroatoms. The number of anilines is 1. The van der Waals surface area contributed by atoms with Crippen LogP contribution in [-0.4, -0.2) is 25.0 Å². The van der Waals surface area contributed by atoms with Crippen molar-refractivity contribution in [1.82, 2.24) is 10.6 Å². The topological polar surface area (TPSA) is 70.2 Å². The fourth-order valence-electron chi connectivity index (χ4n) is 1.32. The number of hydrogen-bond acceptors (Lipinski definition) is 2. The molecule has 0 bridgehead atoms. The van der Waals surface area contributed by atoms with Crippen LogP contribution in [0.5, 0.6) is 0 Å². The van der Waals surface area contributed by atoms with Gasteiger partial charge in [0, 0.05) is 12.2 Å². The number of nitrogens with one attached hydrogen (secondary N) is 3. The number of carbonyl (C=O) groups is 2. The standard InChI is InChI=1S/C12H16FN3O2/c1-3-14-11(17)7-15-12(18)16-10-6-9(13)5-4-8(10)2/h4-6H,3,7H2,1-2H3,(H,14,17)(H2,15,16,18). The van der Waals surface area contributed by atoms with Gasteiger partial charge in [0.1, 0.15) is 5.82 Å². The van der Waals surface area contributed by atoms with Gasteiger partial charge in [0.05, 0.1) is 6.54 Å². The van der Waals surface area contributed by atoms with Crippen LogP contribution < -0.4 is 16.0 Å². The summed E-state index contributed by atoms with van der Waals surface area (Å²) in [6.45, 7) is 3.92. The van der Waals surface area contributed by atoms with Gasteiger partial charge in [-0.15, -0.1) is 0 Å². The summed E-state index contributed by atoms with van der Waals surface area (Å²) >= 11 is 0. The molecule has 0 atom stereocenters. The maximum Gasteiger partial charge on any atom is 0.319 e. The predicted octanol–water partition coefficient (Wildman–Crippen LogP) is 1.39. The monoisotopic (exact) mass is 253 g/mol. The SMILES string of the molecule is CCNC(=O)CNC(=O)Nc1cc(F)ccc1C. The zero-order valence-electron chi connectivity index (χ0n) is 10.3. The molecule has 1 aromatic rings. The average Bonchev–Trinajstić information content (AvgIpc) is 2.32. The first-order chi connectivity index (χ1) is 8.52.